The summed E-state index contributed by atoms with van der Waals surface area (Å²) in [6.45, 7) is 5.03. The normalized spacial score (nSPS) is 21.1. The van der Waals surface area contributed by atoms with Gasteiger partial charge < -0.3 is 4.90 Å². The molecule has 1 aromatic carbocycles. The van der Waals surface area contributed by atoms with Crippen molar-refractivity contribution in [2.24, 2.45) is 0 Å². The summed E-state index contributed by atoms with van der Waals surface area (Å²) in [5.41, 5.74) is 0. The van der Waals surface area contributed by atoms with E-state index >= 15 is 0 Å². The van der Waals surface area contributed by atoms with E-state index in [9.17, 15) is 17.6 Å². The number of nitrogens with zero attached hydrogens (tertiary/aromatic N) is 3. The van der Waals surface area contributed by atoms with E-state index < -0.39 is 15.8 Å². The molecular weight excluding hydrogens is 381 g/mol. The molecule has 0 aliphatic carbocycles. The van der Waals surface area contributed by atoms with Gasteiger partial charge in [-0.25, -0.2) is 12.8 Å². The number of carbonyl (C=O) groups is 1. The number of benzene rings is 1. The molecule has 0 aromatic heterocycles. The molecule has 26 heavy (non-hydrogen) atoms. The average molecular weight is 404 g/mol. The first-order chi connectivity index (χ1) is 12.3. The average Bonchev–Trinajstić information content (AvgIpc) is 3.17. The van der Waals surface area contributed by atoms with Crippen molar-refractivity contribution < 1.29 is 17.6 Å². The van der Waals surface area contributed by atoms with Gasteiger partial charge in [0.25, 0.3) is 0 Å². The molecule has 0 unspecified atom stereocenters. The second-order valence-corrected chi connectivity index (χ2v) is 9.07. The summed E-state index contributed by atoms with van der Waals surface area (Å²) in [6, 6.07) is 3.17. The molecule has 1 aromatic rings. The number of hydrogen-bond acceptors (Lipinski definition) is 4. The smallest absolute Gasteiger partial charge is 0.243 e. The lowest BCUT2D eigenvalue weighted by atomic mass is 10.2. The number of hydrogen-bond donors (Lipinski definition) is 0. The van der Waals surface area contributed by atoms with Crippen molar-refractivity contribution in [2.75, 3.05) is 39.3 Å². The SMILES string of the molecule is C[C@H](C(=O)N1CCCC1)N1CCN(S(=O)(=O)c2ccc(F)c(Cl)c2)CC1. The summed E-state index contributed by atoms with van der Waals surface area (Å²) in [6.07, 6.45) is 2.09. The minimum atomic E-state index is -3.73. The van der Waals surface area contributed by atoms with Crippen LogP contribution in [0.15, 0.2) is 23.1 Å². The van der Waals surface area contributed by atoms with Crippen LogP contribution in [0.2, 0.25) is 5.02 Å². The Morgan fingerprint density at radius 1 is 1.12 bits per heavy atom. The van der Waals surface area contributed by atoms with Gasteiger partial charge in [-0.2, -0.15) is 4.31 Å². The Labute approximate surface area is 158 Å². The fraction of sp³-hybridized carbons (Fsp3) is 0.588. The van der Waals surface area contributed by atoms with E-state index in [0.29, 0.717) is 13.1 Å². The van der Waals surface area contributed by atoms with Crippen molar-refractivity contribution in [2.45, 2.75) is 30.7 Å². The van der Waals surface area contributed by atoms with Gasteiger partial charge in [0.2, 0.25) is 15.9 Å². The highest BCUT2D eigenvalue weighted by Crippen LogP contribution is 2.24. The van der Waals surface area contributed by atoms with Crippen molar-refractivity contribution in [3.8, 4) is 0 Å². The molecule has 0 saturated carbocycles. The maximum absolute atomic E-state index is 13.3. The Balaban J connectivity index is 1.63. The third kappa shape index (κ3) is 3.88. The third-order valence-corrected chi connectivity index (χ3v) is 7.31. The van der Waals surface area contributed by atoms with Gasteiger partial charge in [0.1, 0.15) is 5.82 Å². The van der Waals surface area contributed by atoms with Crippen molar-refractivity contribution in [3.05, 3.63) is 29.0 Å². The van der Waals surface area contributed by atoms with Gasteiger partial charge in [-0.05, 0) is 38.0 Å². The van der Waals surface area contributed by atoms with Crippen molar-refractivity contribution in [3.63, 3.8) is 0 Å². The minimum absolute atomic E-state index is 0.0152. The van der Waals surface area contributed by atoms with Crippen LogP contribution in [0.3, 0.4) is 0 Å². The van der Waals surface area contributed by atoms with Gasteiger partial charge in [-0.1, -0.05) is 11.6 Å². The Morgan fingerprint density at radius 3 is 2.31 bits per heavy atom. The standard InChI is InChI=1S/C17H23ClFN3O3S/c1-13(17(23)21-6-2-3-7-21)20-8-10-22(11-9-20)26(24,25)14-4-5-16(19)15(18)12-14/h4-5,12-13H,2-3,6-11H2,1H3/t13-/m1/s1. The molecule has 3 rings (SSSR count). The second kappa shape index (κ2) is 7.80. The molecule has 144 valence electrons. The van der Waals surface area contributed by atoms with Crippen LogP contribution in [0, 0.1) is 5.82 Å². The molecule has 2 aliphatic heterocycles. The topological polar surface area (TPSA) is 60.9 Å². The number of rotatable bonds is 4. The van der Waals surface area contributed by atoms with E-state index in [-0.39, 0.29) is 35.0 Å². The quantitative estimate of drug-likeness (QED) is 0.769. The van der Waals surface area contributed by atoms with Crippen LogP contribution < -0.4 is 0 Å². The van der Waals surface area contributed by atoms with E-state index in [0.717, 1.165) is 38.1 Å². The number of likely N-dealkylation sites (tertiary alicyclic amines) is 1. The van der Waals surface area contributed by atoms with Gasteiger partial charge in [-0.15, -0.1) is 0 Å². The van der Waals surface area contributed by atoms with E-state index in [2.05, 4.69) is 0 Å². The Bertz CT molecular complexity index is 775. The Hall–Kier alpha value is -1.22. The molecule has 6 nitrogen and oxygen atoms in total. The fourth-order valence-electron chi connectivity index (χ4n) is 3.48. The first kappa shape index (κ1) is 19.5. The van der Waals surface area contributed by atoms with E-state index in [1.54, 1.807) is 0 Å². The molecule has 2 aliphatic rings. The monoisotopic (exact) mass is 403 g/mol. The van der Waals surface area contributed by atoms with Crippen LogP contribution >= 0.6 is 11.6 Å². The van der Waals surface area contributed by atoms with Crippen LogP contribution in [0.5, 0.6) is 0 Å². The van der Waals surface area contributed by atoms with Crippen LogP contribution in [0.4, 0.5) is 4.39 Å². The Kier molecular flexibility index (Phi) is 5.86. The van der Waals surface area contributed by atoms with Gasteiger partial charge in [0.15, 0.2) is 0 Å². The maximum atomic E-state index is 13.3. The third-order valence-electron chi connectivity index (χ3n) is 5.12. The predicted molar refractivity (Wildman–Crippen MR) is 97.0 cm³/mol. The minimum Gasteiger partial charge on any atom is -0.341 e. The van der Waals surface area contributed by atoms with Crippen molar-refractivity contribution in [1.29, 1.82) is 0 Å². The van der Waals surface area contributed by atoms with Gasteiger partial charge in [-0.3, -0.25) is 9.69 Å². The molecule has 2 saturated heterocycles. The highest BCUT2D eigenvalue weighted by molar-refractivity contribution is 7.89. The molecule has 1 atom stereocenters. The van der Waals surface area contributed by atoms with Gasteiger partial charge >= 0.3 is 0 Å². The van der Waals surface area contributed by atoms with Crippen molar-refractivity contribution >= 4 is 27.5 Å². The van der Waals surface area contributed by atoms with Gasteiger partial charge in [0, 0.05) is 39.3 Å². The highest BCUT2D eigenvalue weighted by Gasteiger charge is 2.33. The van der Waals surface area contributed by atoms with E-state index in [1.165, 1.54) is 10.4 Å². The molecule has 0 spiro atoms. The molecule has 2 heterocycles. The number of amides is 1. The summed E-state index contributed by atoms with van der Waals surface area (Å²) in [4.78, 5) is 16.4. The summed E-state index contributed by atoms with van der Waals surface area (Å²) in [7, 11) is -3.73. The zero-order valence-electron chi connectivity index (χ0n) is 14.7. The number of sulfonamides is 1. The van der Waals surface area contributed by atoms with E-state index in [4.69, 9.17) is 11.6 Å². The molecule has 0 N–H and O–H groups in total. The molecule has 0 radical (unpaired) electrons. The fourth-order valence-corrected chi connectivity index (χ4v) is 5.17. The molecular formula is C17H23ClFN3O3S. The van der Waals surface area contributed by atoms with Gasteiger partial charge in [0.05, 0.1) is 16.0 Å². The molecule has 0 bridgehead atoms. The number of carbonyl (C=O) groups excluding carboxylic acids is 1. The lowest BCUT2D eigenvalue weighted by Gasteiger charge is -2.37. The van der Waals surface area contributed by atoms with E-state index in [1.807, 2.05) is 16.7 Å². The second-order valence-electron chi connectivity index (χ2n) is 6.72. The summed E-state index contributed by atoms with van der Waals surface area (Å²) in [5, 5.41) is -0.213. The van der Waals surface area contributed by atoms with Crippen LogP contribution in [-0.4, -0.2) is 73.7 Å². The molecule has 9 heteroatoms. The zero-order chi connectivity index (χ0) is 18.9. The lowest BCUT2D eigenvalue weighted by molar-refractivity contribution is -0.135. The zero-order valence-corrected chi connectivity index (χ0v) is 16.3. The van der Waals surface area contributed by atoms with Crippen LogP contribution in [0.25, 0.3) is 0 Å². The largest absolute Gasteiger partial charge is 0.341 e. The first-order valence-corrected chi connectivity index (χ1v) is 10.6. The highest BCUT2D eigenvalue weighted by atomic mass is 35.5. The summed E-state index contributed by atoms with van der Waals surface area (Å²) in [5.74, 6) is -0.534. The molecule has 1 amide bonds. The number of piperazine rings is 1. The summed E-state index contributed by atoms with van der Waals surface area (Å²) < 4.78 is 40.1. The van der Waals surface area contributed by atoms with Crippen LogP contribution in [-0.2, 0) is 14.8 Å². The summed E-state index contributed by atoms with van der Waals surface area (Å²) >= 11 is 5.71. The lowest BCUT2D eigenvalue weighted by Crippen LogP contribution is -2.55. The first-order valence-electron chi connectivity index (χ1n) is 8.79. The number of halogens is 2. The predicted octanol–water partition coefficient (Wildman–Crippen LogP) is 1.80. The Morgan fingerprint density at radius 2 is 1.73 bits per heavy atom. The van der Waals surface area contributed by atoms with Crippen LogP contribution in [0.1, 0.15) is 19.8 Å². The van der Waals surface area contributed by atoms with Crippen molar-refractivity contribution in [1.82, 2.24) is 14.1 Å². The molecule has 2 fully saturated rings. The maximum Gasteiger partial charge on any atom is 0.243 e.